The Hall–Kier alpha value is -2.64. The summed E-state index contributed by atoms with van der Waals surface area (Å²) in [5, 5.41) is 4.82. The third-order valence-corrected chi connectivity index (χ3v) is 4.34. The second-order valence-corrected chi connectivity index (χ2v) is 6.54. The van der Waals surface area contributed by atoms with E-state index >= 15 is 0 Å². The van der Waals surface area contributed by atoms with Crippen LogP contribution >= 0.6 is 11.6 Å². The van der Waals surface area contributed by atoms with Crippen molar-refractivity contribution < 1.29 is 23.8 Å². The van der Waals surface area contributed by atoms with Crippen LogP contribution in [-0.2, 0) is 14.3 Å². The number of pyridine rings is 1. The fraction of sp³-hybridized carbons (Fsp3) is 0.350. The quantitative estimate of drug-likeness (QED) is 0.396. The van der Waals surface area contributed by atoms with Crippen molar-refractivity contribution in [3.8, 4) is 5.75 Å². The molecule has 1 aliphatic heterocycles. The SMILES string of the molecule is COC(=O)c1ccnc(/C(COc2ccc(Cl)cc2)=N/OC2CCCCO2)c1. The zero-order valence-electron chi connectivity index (χ0n) is 15.5. The van der Waals surface area contributed by atoms with Gasteiger partial charge in [0.2, 0.25) is 6.29 Å². The van der Waals surface area contributed by atoms with E-state index in [4.69, 9.17) is 30.6 Å². The van der Waals surface area contributed by atoms with E-state index in [0.717, 1.165) is 19.3 Å². The second kappa shape index (κ2) is 10.1. The molecule has 1 aromatic heterocycles. The Labute approximate surface area is 168 Å². The minimum atomic E-state index is -0.460. The lowest BCUT2D eigenvalue weighted by molar-refractivity contribution is -0.162. The third-order valence-electron chi connectivity index (χ3n) is 4.08. The molecule has 28 heavy (non-hydrogen) atoms. The van der Waals surface area contributed by atoms with Gasteiger partial charge in [-0.2, -0.15) is 0 Å². The first-order valence-electron chi connectivity index (χ1n) is 8.93. The normalized spacial score (nSPS) is 17.1. The predicted octanol–water partition coefficient (Wildman–Crippen LogP) is 3.85. The molecule has 1 aliphatic rings. The van der Waals surface area contributed by atoms with Crippen molar-refractivity contribution >= 4 is 23.3 Å². The lowest BCUT2D eigenvalue weighted by Gasteiger charge is -2.20. The molecule has 0 radical (unpaired) electrons. The van der Waals surface area contributed by atoms with Crippen molar-refractivity contribution in [2.24, 2.45) is 5.16 Å². The van der Waals surface area contributed by atoms with E-state index in [2.05, 4.69) is 10.1 Å². The van der Waals surface area contributed by atoms with Gasteiger partial charge in [-0.1, -0.05) is 16.8 Å². The van der Waals surface area contributed by atoms with E-state index in [9.17, 15) is 4.79 Å². The first-order valence-corrected chi connectivity index (χ1v) is 9.31. The Balaban J connectivity index is 1.78. The summed E-state index contributed by atoms with van der Waals surface area (Å²) in [5.74, 6) is 0.160. The average molecular weight is 405 g/mol. The average Bonchev–Trinajstić information content (AvgIpc) is 2.75. The first-order chi connectivity index (χ1) is 13.7. The molecule has 148 valence electrons. The number of rotatable bonds is 7. The van der Waals surface area contributed by atoms with Crippen LogP contribution in [0, 0.1) is 0 Å². The number of methoxy groups -OCH3 is 1. The van der Waals surface area contributed by atoms with Gasteiger partial charge in [0.15, 0.2) is 0 Å². The molecule has 0 spiro atoms. The number of benzene rings is 1. The number of oxime groups is 1. The van der Waals surface area contributed by atoms with Gasteiger partial charge < -0.3 is 19.0 Å². The smallest absolute Gasteiger partial charge is 0.337 e. The highest BCUT2D eigenvalue weighted by atomic mass is 35.5. The van der Waals surface area contributed by atoms with Crippen molar-refractivity contribution in [3.63, 3.8) is 0 Å². The van der Waals surface area contributed by atoms with Gasteiger partial charge in [-0.15, -0.1) is 0 Å². The Morgan fingerprint density at radius 2 is 2.11 bits per heavy atom. The van der Waals surface area contributed by atoms with Gasteiger partial charge in [-0.25, -0.2) is 4.79 Å². The lowest BCUT2D eigenvalue weighted by atomic mass is 10.2. The minimum absolute atomic E-state index is 0.0893. The molecule has 2 heterocycles. The number of esters is 1. The highest BCUT2D eigenvalue weighted by molar-refractivity contribution is 6.30. The summed E-state index contributed by atoms with van der Waals surface area (Å²) in [5.41, 5.74) is 1.24. The molecular weight excluding hydrogens is 384 g/mol. The molecule has 0 N–H and O–H groups in total. The highest BCUT2D eigenvalue weighted by Crippen LogP contribution is 2.17. The van der Waals surface area contributed by atoms with Gasteiger partial charge in [-0.3, -0.25) is 4.98 Å². The summed E-state index contributed by atoms with van der Waals surface area (Å²) >= 11 is 5.90. The largest absolute Gasteiger partial charge is 0.487 e. The molecule has 7 nitrogen and oxygen atoms in total. The van der Waals surface area contributed by atoms with Crippen LogP contribution in [0.3, 0.4) is 0 Å². The van der Waals surface area contributed by atoms with E-state index < -0.39 is 12.3 Å². The van der Waals surface area contributed by atoms with Gasteiger partial charge in [0, 0.05) is 17.6 Å². The predicted molar refractivity (Wildman–Crippen MR) is 104 cm³/mol. The van der Waals surface area contributed by atoms with E-state index in [1.54, 1.807) is 36.4 Å². The van der Waals surface area contributed by atoms with E-state index in [0.29, 0.717) is 34.3 Å². The number of aromatic nitrogens is 1. The van der Waals surface area contributed by atoms with Crippen molar-refractivity contribution in [2.45, 2.75) is 25.6 Å². The maximum atomic E-state index is 11.8. The first kappa shape index (κ1) is 20.1. The van der Waals surface area contributed by atoms with Crippen molar-refractivity contribution in [1.82, 2.24) is 4.98 Å². The summed E-state index contributed by atoms with van der Waals surface area (Å²) in [4.78, 5) is 21.6. The van der Waals surface area contributed by atoms with Crippen LogP contribution in [0.4, 0.5) is 0 Å². The van der Waals surface area contributed by atoms with Crippen molar-refractivity contribution in [1.29, 1.82) is 0 Å². The minimum Gasteiger partial charge on any atom is -0.487 e. The summed E-state index contributed by atoms with van der Waals surface area (Å²) in [6, 6.07) is 10.1. The Morgan fingerprint density at radius 1 is 1.29 bits per heavy atom. The van der Waals surface area contributed by atoms with Crippen LogP contribution in [0.25, 0.3) is 0 Å². The molecule has 1 fully saturated rings. The summed E-state index contributed by atoms with van der Waals surface area (Å²) < 4.78 is 16.1. The van der Waals surface area contributed by atoms with Gasteiger partial charge in [-0.05, 0) is 49.2 Å². The Kier molecular flexibility index (Phi) is 7.22. The Bertz CT molecular complexity index is 820. The number of carbonyl (C=O) groups excluding carboxylic acids is 1. The maximum absolute atomic E-state index is 11.8. The van der Waals surface area contributed by atoms with Gasteiger partial charge in [0.25, 0.3) is 0 Å². The summed E-state index contributed by atoms with van der Waals surface area (Å²) in [7, 11) is 1.32. The monoisotopic (exact) mass is 404 g/mol. The van der Waals surface area contributed by atoms with Crippen LogP contribution in [0.15, 0.2) is 47.8 Å². The Morgan fingerprint density at radius 3 is 2.82 bits per heavy atom. The molecule has 0 bridgehead atoms. The highest BCUT2D eigenvalue weighted by Gasteiger charge is 2.17. The van der Waals surface area contributed by atoms with Crippen molar-refractivity contribution in [3.05, 3.63) is 58.9 Å². The number of nitrogens with zero attached hydrogens (tertiary/aromatic N) is 2. The molecule has 0 saturated carbocycles. The molecule has 1 unspecified atom stereocenters. The van der Waals surface area contributed by atoms with Gasteiger partial charge in [0.05, 0.1) is 25.0 Å². The van der Waals surface area contributed by atoms with Crippen LogP contribution in [-0.4, -0.2) is 43.3 Å². The zero-order chi connectivity index (χ0) is 19.8. The fourth-order valence-corrected chi connectivity index (χ4v) is 2.71. The maximum Gasteiger partial charge on any atom is 0.337 e. The van der Waals surface area contributed by atoms with E-state index in [1.165, 1.54) is 13.3 Å². The van der Waals surface area contributed by atoms with Gasteiger partial charge >= 0.3 is 5.97 Å². The zero-order valence-corrected chi connectivity index (χ0v) is 16.2. The summed E-state index contributed by atoms with van der Waals surface area (Å²) in [6.07, 6.45) is 3.91. The number of carbonyl (C=O) groups is 1. The molecule has 8 heteroatoms. The van der Waals surface area contributed by atoms with E-state index in [-0.39, 0.29) is 6.61 Å². The molecule has 0 aliphatic carbocycles. The van der Waals surface area contributed by atoms with Crippen LogP contribution in [0.5, 0.6) is 5.75 Å². The van der Waals surface area contributed by atoms with E-state index in [1.807, 2.05) is 0 Å². The topological polar surface area (TPSA) is 79.2 Å². The molecule has 0 amide bonds. The second-order valence-electron chi connectivity index (χ2n) is 6.10. The third kappa shape index (κ3) is 5.68. The van der Waals surface area contributed by atoms with Crippen LogP contribution < -0.4 is 4.74 Å². The standard InChI is InChI=1S/C20H21ClN2O5/c1-25-20(24)14-9-10-22-17(12-14)18(23-28-19-4-2-3-11-26-19)13-27-16-7-5-15(21)6-8-16/h5-10,12,19H,2-4,11,13H2,1H3/b23-18+. The molecule has 1 saturated heterocycles. The number of ether oxygens (including phenoxy) is 3. The fourth-order valence-electron chi connectivity index (χ4n) is 2.58. The lowest BCUT2D eigenvalue weighted by Crippen LogP contribution is -2.22. The molecule has 2 aromatic rings. The molecule has 1 aromatic carbocycles. The number of halogens is 1. The molecule has 3 rings (SSSR count). The van der Waals surface area contributed by atoms with Gasteiger partial charge in [0.1, 0.15) is 18.1 Å². The van der Waals surface area contributed by atoms with Crippen LogP contribution in [0.2, 0.25) is 5.02 Å². The van der Waals surface area contributed by atoms with Crippen molar-refractivity contribution in [2.75, 3.05) is 20.3 Å². The van der Waals surface area contributed by atoms with Crippen LogP contribution in [0.1, 0.15) is 35.3 Å². The number of hydrogen-bond donors (Lipinski definition) is 0. The molecular formula is C20H21ClN2O5. The number of hydrogen-bond acceptors (Lipinski definition) is 7. The molecule has 1 atom stereocenters. The summed E-state index contributed by atoms with van der Waals surface area (Å²) in [6.45, 7) is 0.735.